The lowest BCUT2D eigenvalue weighted by atomic mass is 10.1. The monoisotopic (exact) mass is 496 g/mol. The number of para-hydroxylation sites is 2. The van der Waals surface area contributed by atoms with Crippen LogP contribution in [-0.4, -0.2) is 35.7 Å². The Morgan fingerprint density at radius 1 is 0.806 bits per heavy atom. The maximum absolute atomic E-state index is 12.6. The minimum Gasteiger partial charge on any atom is -0.406 e. The van der Waals surface area contributed by atoms with Crippen molar-refractivity contribution in [3.8, 4) is 22.8 Å². The number of imidazole rings is 1. The molecule has 0 bridgehead atoms. The van der Waals surface area contributed by atoms with Gasteiger partial charge in [0.2, 0.25) is 0 Å². The largest absolute Gasteiger partial charge is 0.573 e. The molecule has 0 aliphatic heterocycles. The fourth-order valence-electron chi connectivity index (χ4n) is 3.63. The molecule has 0 aliphatic carbocycles. The number of hydrogen-bond acceptors (Lipinski definition) is 8. The first-order chi connectivity index (χ1) is 17.1. The average molecular weight is 496 g/mol. The van der Waals surface area contributed by atoms with Gasteiger partial charge in [-0.15, -0.1) is 13.2 Å². The van der Waals surface area contributed by atoms with Crippen molar-refractivity contribution in [2.75, 3.05) is 0 Å². The third kappa shape index (κ3) is 4.22. The molecule has 5 aromatic rings. The van der Waals surface area contributed by atoms with Crippen molar-refractivity contribution in [2.24, 2.45) is 0 Å². The van der Waals surface area contributed by atoms with Crippen LogP contribution in [0.15, 0.2) is 66.7 Å². The maximum atomic E-state index is 12.6. The van der Waals surface area contributed by atoms with E-state index in [1.165, 1.54) is 16.7 Å². The summed E-state index contributed by atoms with van der Waals surface area (Å²) in [6.45, 7) is 0. The third-order valence-electron chi connectivity index (χ3n) is 5.08. The third-order valence-corrected chi connectivity index (χ3v) is 5.08. The zero-order valence-electron chi connectivity index (χ0n) is 17.7. The van der Waals surface area contributed by atoms with E-state index in [-0.39, 0.29) is 28.4 Å². The van der Waals surface area contributed by atoms with Gasteiger partial charge in [-0.3, -0.25) is 24.8 Å². The van der Waals surface area contributed by atoms with Gasteiger partial charge in [0.15, 0.2) is 11.3 Å². The summed E-state index contributed by atoms with van der Waals surface area (Å²) in [6.07, 6.45) is -4.89. The Balaban J connectivity index is 1.78. The fourth-order valence-corrected chi connectivity index (χ4v) is 3.63. The molecule has 2 aromatic heterocycles. The van der Waals surface area contributed by atoms with Gasteiger partial charge in [0.25, 0.3) is 11.4 Å². The Kier molecular flexibility index (Phi) is 5.20. The maximum Gasteiger partial charge on any atom is 0.573 e. The summed E-state index contributed by atoms with van der Waals surface area (Å²) < 4.78 is 43.1. The SMILES string of the molecule is O=[N+]([O-])c1cc(-c2nc3nc4ccccc4nc3n2-c2ccc(OC(F)(F)F)cc2)cc([N+](=O)[O-])c1. The van der Waals surface area contributed by atoms with Gasteiger partial charge in [-0.05, 0) is 36.4 Å². The highest BCUT2D eigenvalue weighted by Gasteiger charge is 2.31. The van der Waals surface area contributed by atoms with E-state index in [0.717, 1.165) is 30.3 Å². The summed E-state index contributed by atoms with van der Waals surface area (Å²) in [6, 6.07) is 14.6. The van der Waals surface area contributed by atoms with Crippen LogP contribution in [0.4, 0.5) is 24.5 Å². The van der Waals surface area contributed by atoms with Crippen molar-refractivity contribution < 1.29 is 27.8 Å². The summed E-state index contributed by atoms with van der Waals surface area (Å²) >= 11 is 0. The normalized spacial score (nSPS) is 11.6. The Morgan fingerprint density at radius 3 is 1.94 bits per heavy atom. The molecule has 0 N–H and O–H groups in total. The molecule has 2 heterocycles. The molecule has 0 aliphatic rings. The van der Waals surface area contributed by atoms with Gasteiger partial charge < -0.3 is 4.74 Å². The first-order valence-corrected chi connectivity index (χ1v) is 10.0. The van der Waals surface area contributed by atoms with Gasteiger partial charge in [-0.2, -0.15) is 0 Å². The molecule has 0 saturated heterocycles. The molecule has 0 radical (unpaired) electrons. The highest BCUT2D eigenvalue weighted by atomic mass is 19.4. The molecule has 0 saturated carbocycles. The lowest BCUT2D eigenvalue weighted by Gasteiger charge is -2.12. The molecular weight excluding hydrogens is 485 g/mol. The average Bonchev–Trinajstić information content (AvgIpc) is 3.20. The number of halogens is 3. The van der Waals surface area contributed by atoms with Crippen LogP contribution in [0.25, 0.3) is 39.4 Å². The van der Waals surface area contributed by atoms with E-state index in [4.69, 9.17) is 0 Å². The lowest BCUT2D eigenvalue weighted by Crippen LogP contribution is -2.17. The topological polar surface area (TPSA) is 139 Å². The van der Waals surface area contributed by atoms with Crippen molar-refractivity contribution in [1.82, 2.24) is 19.5 Å². The number of hydrogen-bond donors (Lipinski definition) is 0. The van der Waals surface area contributed by atoms with Crippen LogP contribution in [0.5, 0.6) is 5.75 Å². The van der Waals surface area contributed by atoms with Crippen LogP contribution in [0.3, 0.4) is 0 Å². The summed E-state index contributed by atoms with van der Waals surface area (Å²) in [7, 11) is 0. The molecule has 0 atom stereocenters. The Labute approximate surface area is 197 Å². The molecule has 3 aromatic carbocycles. The van der Waals surface area contributed by atoms with E-state index in [1.54, 1.807) is 24.3 Å². The van der Waals surface area contributed by atoms with Gasteiger partial charge in [0.1, 0.15) is 11.6 Å². The summed E-state index contributed by atoms with van der Waals surface area (Å²) in [5.74, 6) is -0.462. The number of nitro benzene ring substituents is 2. The van der Waals surface area contributed by atoms with E-state index >= 15 is 0 Å². The second kappa shape index (κ2) is 8.26. The van der Waals surface area contributed by atoms with Gasteiger partial charge in [0.05, 0.1) is 26.9 Å². The minimum absolute atomic E-state index is 0.00961. The van der Waals surface area contributed by atoms with Gasteiger partial charge in [0, 0.05) is 23.4 Å². The number of nitrogens with zero attached hydrogens (tertiary/aromatic N) is 6. The first kappa shape index (κ1) is 22.6. The highest BCUT2D eigenvalue weighted by Crippen LogP contribution is 2.34. The second-order valence-corrected chi connectivity index (χ2v) is 7.42. The molecule has 0 amide bonds. The number of non-ortho nitro benzene ring substituents is 2. The quantitative estimate of drug-likeness (QED) is 0.234. The fraction of sp³-hybridized carbons (Fsp3) is 0.0455. The van der Waals surface area contributed by atoms with E-state index in [0.29, 0.717) is 11.0 Å². The number of nitro groups is 2. The molecule has 5 rings (SSSR count). The standard InChI is InChI=1S/C22H11F3N6O5/c23-22(24,25)36-16-7-5-13(6-8-16)29-20(12-9-14(30(32)33)11-15(10-12)31(34)35)28-19-21(29)27-18-4-2-1-3-17(18)26-19/h1-11H. The predicted octanol–water partition coefficient (Wildman–Crippen LogP) is 5.35. The number of rotatable bonds is 5. The lowest BCUT2D eigenvalue weighted by molar-refractivity contribution is -0.394. The molecule has 36 heavy (non-hydrogen) atoms. The van der Waals surface area contributed by atoms with Gasteiger partial charge >= 0.3 is 6.36 Å². The molecular formula is C22H11F3N6O5. The van der Waals surface area contributed by atoms with E-state index in [1.807, 2.05) is 0 Å². The molecule has 0 unspecified atom stereocenters. The molecule has 14 heteroatoms. The summed E-state index contributed by atoms with van der Waals surface area (Å²) in [5, 5.41) is 22.8. The van der Waals surface area contributed by atoms with E-state index in [9.17, 15) is 33.4 Å². The van der Waals surface area contributed by atoms with Crippen LogP contribution in [-0.2, 0) is 0 Å². The van der Waals surface area contributed by atoms with E-state index in [2.05, 4.69) is 19.7 Å². The van der Waals surface area contributed by atoms with Crippen LogP contribution >= 0.6 is 0 Å². The predicted molar refractivity (Wildman–Crippen MR) is 120 cm³/mol. The smallest absolute Gasteiger partial charge is 0.406 e. The van der Waals surface area contributed by atoms with Gasteiger partial charge in [-0.1, -0.05) is 12.1 Å². The van der Waals surface area contributed by atoms with Crippen molar-refractivity contribution in [3.05, 3.63) is 87.0 Å². The number of ether oxygens (including phenoxy) is 1. The summed E-state index contributed by atoms with van der Waals surface area (Å²) in [4.78, 5) is 34.7. The van der Waals surface area contributed by atoms with Gasteiger partial charge in [-0.25, -0.2) is 15.0 Å². The Morgan fingerprint density at radius 2 is 1.39 bits per heavy atom. The van der Waals surface area contributed by atoms with Crippen LogP contribution in [0.1, 0.15) is 0 Å². The first-order valence-electron chi connectivity index (χ1n) is 10.0. The highest BCUT2D eigenvalue weighted by molar-refractivity contribution is 5.86. The van der Waals surface area contributed by atoms with Crippen molar-refractivity contribution in [2.45, 2.75) is 6.36 Å². The van der Waals surface area contributed by atoms with Crippen molar-refractivity contribution >= 4 is 33.7 Å². The van der Waals surface area contributed by atoms with Crippen LogP contribution in [0.2, 0.25) is 0 Å². The zero-order valence-corrected chi connectivity index (χ0v) is 17.7. The van der Waals surface area contributed by atoms with E-state index < -0.39 is 33.3 Å². The van der Waals surface area contributed by atoms with Crippen LogP contribution < -0.4 is 4.74 Å². The zero-order chi connectivity index (χ0) is 25.6. The number of fused-ring (bicyclic) bond motifs is 2. The molecule has 11 nitrogen and oxygen atoms in total. The molecule has 180 valence electrons. The van der Waals surface area contributed by atoms with Crippen molar-refractivity contribution in [3.63, 3.8) is 0 Å². The Hall–Kier alpha value is -5.14. The number of aromatic nitrogens is 4. The summed E-state index contributed by atoms with van der Waals surface area (Å²) in [5.41, 5.74) is 0.475. The second-order valence-electron chi connectivity index (χ2n) is 7.42. The van der Waals surface area contributed by atoms with Crippen LogP contribution in [0, 0.1) is 20.2 Å². The molecule has 0 spiro atoms. The Bertz CT molecular complexity index is 1640. The number of alkyl halides is 3. The molecule has 0 fully saturated rings. The minimum atomic E-state index is -4.89. The van der Waals surface area contributed by atoms with Crippen molar-refractivity contribution in [1.29, 1.82) is 0 Å². The number of benzene rings is 3.